The molecule has 1 aromatic heterocycles. The van der Waals surface area contributed by atoms with Crippen LogP contribution in [0.2, 0.25) is 0 Å². The fourth-order valence-corrected chi connectivity index (χ4v) is 3.04. The molecule has 29 heavy (non-hydrogen) atoms. The second-order valence-electron chi connectivity index (χ2n) is 6.41. The van der Waals surface area contributed by atoms with Crippen molar-refractivity contribution < 1.29 is 9.53 Å². The fraction of sp³-hybridized carbons (Fsp3) is 0.0870. The summed E-state index contributed by atoms with van der Waals surface area (Å²) in [4.78, 5) is 25.3. The van der Waals surface area contributed by atoms with Gasteiger partial charge in [0.05, 0.1) is 5.39 Å². The van der Waals surface area contributed by atoms with Gasteiger partial charge in [0.15, 0.2) is 5.69 Å². The normalized spacial score (nSPS) is 10.7. The van der Waals surface area contributed by atoms with Gasteiger partial charge in [-0.15, -0.1) is 0 Å². The maximum atomic E-state index is 12.9. The van der Waals surface area contributed by atoms with Crippen LogP contribution in [0.3, 0.4) is 0 Å². The third kappa shape index (κ3) is 3.87. The van der Waals surface area contributed by atoms with Crippen LogP contribution in [0.15, 0.2) is 83.7 Å². The molecular formula is C23H19N3O3. The minimum absolute atomic E-state index is 0.206. The van der Waals surface area contributed by atoms with E-state index in [1.54, 1.807) is 48.5 Å². The Morgan fingerprint density at radius 3 is 2.21 bits per heavy atom. The Labute approximate surface area is 167 Å². The molecule has 0 aliphatic heterocycles. The molecule has 0 radical (unpaired) electrons. The Morgan fingerprint density at radius 1 is 0.897 bits per heavy atom. The molecule has 0 unspecified atom stereocenters. The number of anilines is 1. The zero-order valence-electron chi connectivity index (χ0n) is 15.8. The van der Waals surface area contributed by atoms with Gasteiger partial charge in [0.2, 0.25) is 0 Å². The molecule has 0 saturated heterocycles. The summed E-state index contributed by atoms with van der Waals surface area (Å²) < 4.78 is 7.06. The number of aromatic nitrogens is 2. The molecule has 0 spiro atoms. The number of aryl methyl sites for hydroxylation is 1. The number of carbonyl (C=O) groups excluding carboxylic acids is 1. The first-order chi connectivity index (χ1) is 14.2. The fourth-order valence-electron chi connectivity index (χ4n) is 3.04. The van der Waals surface area contributed by atoms with Crippen LogP contribution < -0.4 is 15.6 Å². The molecule has 0 aliphatic rings. The maximum Gasteiger partial charge on any atom is 0.276 e. The summed E-state index contributed by atoms with van der Waals surface area (Å²) in [6.45, 7) is 2.20. The molecule has 0 saturated carbocycles. The van der Waals surface area contributed by atoms with E-state index in [9.17, 15) is 9.59 Å². The van der Waals surface area contributed by atoms with Crippen molar-refractivity contribution in [3.05, 3.63) is 94.9 Å². The van der Waals surface area contributed by atoms with Crippen LogP contribution >= 0.6 is 0 Å². The van der Waals surface area contributed by atoms with Crippen LogP contribution in [-0.2, 0) is 6.54 Å². The highest BCUT2D eigenvalue weighted by molar-refractivity contribution is 6.11. The lowest BCUT2D eigenvalue weighted by atomic mass is 10.1. The van der Waals surface area contributed by atoms with Crippen molar-refractivity contribution in [2.45, 2.75) is 13.5 Å². The predicted octanol–water partition coefficient (Wildman–Crippen LogP) is 4.46. The first-order valence-corrected chi connectivity index (χ1v) is 9.30. The first kappa shape index (κ1) is 18.4. The van der Waals surface area contributed by atoms with Gasteiger partial charge in [0, 0.05) is 17.6 Å². The maximum absolute atomic E-state index is 12.9. The Balaban J connectivity index is 1.58. The molecule has 144 valence electrons. The summed E-state index contributed by atoms with van der Waals surface area (Å²) in [6.07, 6.45) is 0. The van der Waals surface area contributed by atoms with Crippen molar-refractivity contribution in [2.24, 2.45) is 0 Å². The second kappa shape index (κ2) is 7.98. The number of ether oxygens (including phenoxy) is 1. The van der Waals surface area contributed by atoms with Gasteiger partial charge in [-0.3, -0.25) is 9.59 Å². The minimum atomic E-state index is -0.375. The van der Waals surface area contributed by atoms with Crippen molar-refractivity contribution in [3.8, 4) is 11.5 Å². The molecule has 4 aromatic rings. The highest BCUT2D eigenvalue weighted by atomic mass is 16.5. The van der Waals surface area contributed by atoms with Crippen molar-refractivity contribution in [1.29, 1.82) is 0 Å². The highest BCUT2D eigenvalue weighted by Crippen LogP contribution is 2.23. The molecule has 3 aromatic carbocycles. The molecule has 6 nitrogen and oxygen atoms in total. The molecular weight excluding hydrogens is 366 g/mol. The summed E-state index contributed by atoms with van der Waals surface area (Å²) in [5.74, 6) is 1.03. The van der Waals surface area contributed by atoms with E-state index in [1.165, 1.54) is 4.68 Å². The number of carbonyl (C=O) groups is 1. The molecule has 1 amide bonds. The average molecular weight is 385 g/mol. The Bertz CT molecular complexity index is 1220. The summed E-state index contributed by atoms with van der Waals surface area (Å²) in [7, 11) is 0. The topological polar surface area (TPSA) is 73.2 Å². The zero-order valence-corrected chi connectivity index (χ0v) is 15.8. The largest absolute Gasteiger partial charge is 0.457 e. The van der Waals surface area contributed by atoms with Gasteiger partial charge in [-0.1, -0.05) is 36.4 Å². The zero-order chi connectivity index (χ0) is 20.2. The number of fused-ring (bicyclic) bond motifs is 1. The average Bonchev–Trinajstić information content (AvgIpc) is 2.76. The van der Waals surface area contributed by atoms with E-state index in [4.69, 9.17) is 4.74 Å². The van der Waals surface area contributed by atoms with E-state index in [0.29, 0.717) is 28.8 Å². The van der Waals surface area contributed by atoms with Crippen LogP contribution in [0.1, 0.15) is 17.4 Å². The van der Waals surface area contributed by atoms with Crippen LogP contribution in [0.4, 0.5) is 5.69 Å². The van der Waals surface area contributed by atoms with Gasteiger partial charge >= 0.3 is 0 Å². The van der Waals surface area contributed by atoms with Crippen molar-refractivity contribution >= 4 is 22.4 Å². The Kier molecular flexibility index (Phi) is 5.07. The highest BCUT2D eigenvalue weighted by Gasteiger charge is 2.16. The lowest BCUT2D eigenvalue weighted by Gasteiger charge is -2.11. The lowest BCUT2D eigenvalue weighted by Crippen LogP contribution is -2.27. The second-order valence-corrected chi connectivity index (χ2v) is 6.41. The van der Waals surface area contributed by atoms with E-state index in [2.05, 4.69) is 10.4 Å². The van der Waals surface area contributed by atoms with Crippen LogP contribution in [-0.4, -0.2) is 15.7 Å². The number of nitrogens with one attached hydrogen (secondary N) is 1. The summed E-state index contributed by atoms with van der Waals surface area (Å²) in [6, 6.07) is 23.5. The molecule has 0 aliphatic carbocycles. The number of para-hydroxylation sites is 1. The Morgan fingerprint density at radius 2 is 1.52 bits per heavy atom. The van der Waals surface area contributed by atoms with Gasteiger partial charge in [0.25, 0.3) is 11.5 Å². The lowest BCUT2D eigenvalue weighted by molar-refractivity contribution is 0.102. The van der Waals surface area contributed by atoms with Gasteiger partial charge < -0.3 is 10.1 Å². The van der Waals surface area contributed by atoms with Crippen LogP contribution in [0.25, 0.3) is 10.8 Å². The van der Waals surface area contributed by atoms with Gasteiger partial charge in [-0.25, -0.2) is 4.68 Å². The summed E-state index contributed by atoms with van der Waals surface area (Å²) >= 11 is 0. The van der Waals surface area contributed by atoms with E-state index in [0.717, 1.165) is 5.75 Å². The van der Waals surface area contributed by atoms with Crippen molar-refractivity contribution in [3.63, 3.8) is 0 Å². The van der Waals surface area contributed by atoms with Crippen LogP contribution in [0.5, 0.6) is 11.5 Å². The number of nitrogens with zero attached hydrogens (tertiary/aromatic N) is 2. The molecule has 1 N–H and O–H groups in total. The predicted molar refractivity (Wildman–Crippen MR) is 113 cm³/mol. The first-order valence-electron chi connectivity index (χ1n) is 9.30. The molecule has 0 fully saturated rings. The standard InChI is InChI=1S/C23H19N3O3/c1-2-26-23(28)20-11-7-6-10-19(20)21(25-26)22(27)24-16-12-14-18(15-13-16)29-17-8-4-3-5-9-17/h3-15H,2H2,1H3,(H,24,27). The van der Waals surface area contributed by atoms with Gasteiger partial charge in [-0.2, -0.15) is 5.10 Å². The summed E-state index contributed by atoms with van der Waals surface area (Å²) in [5.41, 5.74) is 0.615. The molecule has 0 bridgehead atoms. The van der Waals surface area contributed by atoms with E-state index in [1.807, 2.05) is 37.3 Å². The number of benzene rings is 3. The molecule has 1 heterocycles. The van der Waals surface area contributed by atoms with Crippen molar-refractivity contribution in [1.82, 2.24) is 9.78 Å². The van der Waals surface area contributed by atoms with E-state index < -0.39 is 0 Å². The van der Waals surface area contributed by atoms with Crippen molar-refractivity contribution in [2.75, 3.05) is 5.32 Å². The van der Waals surface area contributed by atoms with Crippen LogP contribution in [0, 0.1) is 0 Å². The number of amides is 1. The number of hydrogen-bond acceptors (Lipinski definition) is 4. The smallest absolute Gasteiger partial charge is 0.276 e. The number of rotatable bonds is 5. The van der Waals surface area contributed by atoms with Gasteiger partial charge in [0.1, 0.15) is 11.5 Å². The quantitative estimate of drug-likeness (QED) is 0.550. The minimum Gasteiger partial charge on any atom is -0.457 e. The monoisotopic (exact) mass is 385 g/mol. The summed E-state index contributed by atoms with van der Waals surface area (Å²) in [5, 5.41) is 8.10. The Hall–Kier alpha value is -3.93. The number of hydrogen-bond donors (Lipinski definition) is 1. The van der Waals surface area contributed by atoms with Gasteiger partial charge in [-0.05, 0) is 49.4 Å². The third-order valence-electron chi connectivity index (χ3n) is 4.47. The molecule has 0 atom stereocenters. The SMILES string of the molecule is CCn1nc(C(=O)Nc2ccc(Oc3ccccc3)cc2)c2ccccc2c1=O. The molecule has 6 heteroatoms. The van der Waals surface area contributed by atoms with E-state index in [-0.39, 0.29) is 17.2 Å². The van der Waals surface area contributed by atoms with E-state index >= 15 is 0 Å². The third-order valence-corrected chi connectivity index (χ3v) is 4.47. The molecule has 4 rings (SSSR count).